The molecule has 0 bridgehead atoms. The highest BCUT2D eigenvalue weighted by molar-refractivity contribution is 9.10. The van der Waals surface area contributed by atoms with Gasteiger partial charge >= 0.3 is 0 Å². The number of halogens is 1. The number of methoxy groups -OCH3 is 1. The van der Waals surface area contributed by atoms with Gasteiger partial charge in [-0.3, -0.25) is 0 Å². The predicted octanol–water partition coefficient (Wildman–Crippen LogP) is 4.19. The standard InChI is InChI=1S/C17H20BrNO2/c1-17(2,13-5-7-14(18)8-6-13)19-11-12-4-9-16(21-3)15(20)10-12/h4-10,19-20H,11H2,1-3H3. The van der Waals surface area contributed by atoms with Gasteiger partial charge in [0.15, 0.2) is 11.5 Å². The summed E-state index contributed by atoms with van der Waals surface area (Å²) in [4.78, 5) is 0. The molecule has 0 heterocycles. The van der Waals surface area contributed by atoms with Crippen molar-refractivity contribution in [3.63, 3.8) is 0 Å². The lowest BCUT2D eigenvalue weighted by atomic mass is 9.94. The number of hydrogen-bond acceptors (Lipinski definition) is 3. The van der Waals surface area contributed by atoms with Crippen LogP contribution in [0.1, 0.15) is 25.0 Å². The molecule has 2 rings (SSSR count). The largest absolute Gasteiger partial charge is 0.504 e. The van der Waals surface area contributed by atoms with Gasteiger partial charge in [-0.2, -0.15) is 0 Å². The first-order valence-corrected chi connectivity index (χ1v) is 7.58. The maximum Gasteiger partial charge on any atom is 0.160 e. The fourth-order valence-electron chi connectivity index (χ4n) is 2.14. The third-order valence-corrected chi connectivity index (χ3v) is 4.07. The summed E-state index contributed by atoms with van der Waals surface area (Å²) in [6, 6.07) is 13.7. The number of phenols is 1. The summed E-state index contributed by atoms with van der Waals surface area (Å²) in [5, 5.41) is 13.3. The van der Waals surface area contributed by atoms with Crippen LogP contribution in [0.5, 0.6) is 11.5 Å². The Morgan fingerprint density at radius 1 is 1.14 bits per heavy atom. The van der Waals surface area contributed by atoms with Gasteiger partial charge in [-0.15, -0.1) is 0 Å². The van der Waals surface area contributed by atoms with Crippen molar-refractivity contribution in [3.05, 3.63) is 58.1 Å². The van der Waals surface area contributed by atoms with E-state index in [9.17, 15) is 5.11 Å². The Kier molecular flexibility index (Phi) is 4.91. The van der Waals surface area contributed by atoms with Gasteiger partial charge in [0.2, 0.25) is 0 Å². The molecule has 0 saturated heterocycles. The number of ether oxygens (including phenoxy) is 1. The topological polar surface area (TPSA) is 41.5 Å². The van der Waals surface area contributed by atoms with Crippen LogP contribution in [0, 0.1) is 0 Å². The summed E-state index contributed by atoms with van der Waals surface area (Å²) in [5.74, 6) is 0.657. The third kappa shape index (κ3) is 3.99. The molecule has 0 atom stereocenters. The van der Waals surface area contributed by atoms with E-state index in [2.05, 4.69) is 47.2 Å². The minimum absolute atomic E-state index is 0.157. The molecular weight excluding hydrogens is 330 g/mol. The summed E-state index contributed by atoms with van der Waals surface area (Å²) in [7, 11) is 1.55. The Morgan fingerprint density at radius 2 is 1.81 bits per heavy atom. The molecule has 21 heavy (non-hydrogen) atoms. The number of phenolic OH excluding ortho intramolecular Hbond substituents is 1. The van der Waals surface area contributed by atoms with Crippen molar-refractivity contribution in [3.8, 4) is 11.5 Å². The van der Waals surface area contributed by atoms with Gasteiger partial charge in [0.05, 0.1) is 7.11 Å². The molecule has 0 spiro atoms. The van der Waals surface area contributed by atoms with Crippen LogP contribution in [0.3, 0.4) is 0 Å². The maximum atomic E-state index is 9.81. The molecule has 0 radical (unpaired) electrons. The van der Waals surface area contributed by atoms with Gasteiger partial charge < -0.3 is 15.2 Å². The molecule has 2 N–H and O–H groups in total. The van der Waals surface area contributed by atoms with E-state index >= 15 is 0 Å². The molecular formula is C17H20BrNO2. The summed E-state index contributed by atoms with van der Waals surface area (Å²) >= 11 is 3.45. The van der Waals surface area contributed by atoms with E-state index in [0.717, 1.165) is 10.0 Å². The molecule has 0 unspecified atom stereocenters. The van der Waals surface area contributed by atoms with Crippen LogP contribution in [0.15, 0.2) is 46.9 Å². The number of aromatic hydroxyl groups is 1. The fourth-order valence-corrected chi connectivity index (χ4v) is 2.40. The Bertz CT molecular complexity index is 609. The van der Waals surface area contributed by atoms with Crippen molar-refractivity contribution in [2.75, 3.05) is 7.11 Å². The van der Waals surface area contributed by atoms with E-state index in [-0.39, 0.29) is 11.3 Å². The van der Waals surface area contributed by atoms with Crippen molar-refractivity contribution >= 4 is 15.9 Å². The number of benzene rings is 2. The minimum Gasteiger partial charge on any atom is -0.504 e. The van der Waals surface area contributed by atoms with Gasteiger partial charge in [0.1, 0.15) is 0 Å². The smallest absolute Gasteiger partial charge is 0.160 e. The van der Waals surface area contributed by atoms with E-state index in [1.54, 1.807) is 19.2 Å². The Labute approximate surface area is 134 Å². The SMILES string of the molecule is COc1ccc(CNC(C)(C)c2ccc(Br)cc2)cc1O. The van der Waals surface area contributed by atoms with E-state index in [0.29, 0.717) is 12.3 Å². The minimum atomic E-state index is -0.157. The lowest BCUT2D eigenvalue weighted by molar-refractivity contribution is 0.371. The second kappa shape index (κ2) is 6.50. The maximum absolute atomic E-state index is 9.81. The third-order valence-electron chi connectivity index (χ3n) is 3.54. The highest BCUT2D eigenvalue weighted by Crippen LogP contribution is 2.27. The highest BCUT2D eigenvalue weighted by atomic mass is 79.9. The molecule has 0 aliphatic heterocycles. The highest BCUT2D eigenvalue weighted by Gasteiger charge is 2.19. The van der Waals surface area contributed by atoms with Crippen LogP contribution in [0.4, 0.5) is 0 Å². The average Bonchev–Trinajstić information content (AvgIpc) is 2.46. The zero-order valence-corrected chi connectivity index (χ0v) is 14.1. The Hall–Kier alpha value is -1.52. The van der Waals surface area contributed by atoms with Crippen LogP contribution in [-0.2, 0) is 12.1 Å². The predicted molar refractivity (Wildman–Crippen MR) is 88.7 cm³/mol. The number of hydrogen-bond donors (Lipinski definition) is 2. The molecule has 0 aliphatic rings. The van der Waals surface area contributed by atoms with E-state index in [1.807, 2.05) is 18.2 Å². The van der Waals surface area contributed by atoms with Crippen molar-refractivity contribution in [1.29, 1.82) is 0 Å². The normalized spacial score (nSPS) is 11.4. The van der Waals surface area contributed by atoms with Gasteiger partial charge in [-0.1, -0.05) is 34.1 Å². The van der Waals surface area contributed by atoms with Gasteiger partial charge in [0, 0.05) is 16.6 Å². The molecule has 2 aromatic rings. The van der Waals surface area contributed by atoms with Gasteiger partial charge in [0.25, 0.3) is 0 Å². The first-order chi connectivity index (χ1) is 9.92. The average molecular weight is 350 g/mol. The second-order valence-corrected chi connectivity index (χ2v) is 6.41. The van der Waals surface area contributed by atoms with Crippen molar-refractivity contribution in [2.45, 2.75) is 25.9 Å². The van der Waals surface area contributed by atoms with Crippen LogP contribution in [0.25, 0.3) is 0 Å². The van der Waals surface area contributed by atoms with Crippen LogP contribution < -0.4 is 10.1 Å². The molecule has 0 amide bonds. The lowest BCUT2D eigenvalue weighted by Crippen LogP contribution is -2.35. The first-order valence-electron chi connectivity index (χ1n) is 6.79. The molecule has 112 valence electrons. The van der Waals surface area contributed by atoms with E-state index in [1.165, 1.54) is 5.56 Å². The Morgan fingerprint density at radius 3 is 2.38 bits per heavy atom. The lowest BCUT2D eigenvalue weighted by Gasteiger charge is -2.27. The fraction of sp³-hybridized carbons (Fsp3) is 0.294. The second-order valence-electron chi connectivity index (χ2n) is 5.49. The quantitative estimate of drug-likeness (QED) is 0.850. The zero-order chi connectivity index (χ0) is 15.5. The molecule has 0 saturated carbocycles. The summed E-state index contributed by atoms with van der Waals surface area (Å²) in [6.45, 7) is 4.94. The van der Waals surface area contributed by atoms with Crippen molar-refractivity contribution in [1.82, 2.24) is 5.32 Å². The monoisotopic (exact) mass is 349 g/mol. The van der Waals surface area contributed by atoms with Crippen molar-refractivity contribution < 1.29 is 9.84 Å². The molecule has 3 nitrogen and oxygen atoms in total. The van der Waals surface area contributed by atoms with E-state index in [4.69, 9.17) is 4.74 Å². The molecule has 0 aromatic heterocycles. The first kappa shape index (κ1) is 15.9. The van der Waals surface area contributed by atoms with Crippen LogP contribution in [0.2, 0.25) is 0 Å². The van der Waals surface area contributed by atoms with Crippen LogP contribution >= 0.6 is 15.9 Å². The van der Waals surface area contributed by atoms with Crippen LogP contribution in [-0.4, -0.2) is 12.2 Å². The molecule has 2 aromatic carbocycles. The van der Waals surface area contributed by atoms with Gasteiger partial charge in [-0.25, -0.2) is 0 Å². The molecule has 4 heteroatoms. The summed E-state index contributed by atoms with van der Waals surface area (Å²) in [6.07, 6.45) is 0. The van der Waals surface area contributed by atoms with Crippen molar-refractivity contribution in [2.24, 2.45) is 0 Å². The Balaban J connectivity index is 2.07. The summed E-state index contributed by atoms with van der Waals surface area (Å²) in [5.41, 5.74) is 2.07. The molecule has 0 aliphatic carbocycles. The number of rotatable bonds is 5. The van der Waals surface area contributed by atoms with Gasteiger partial charge in [-0.05, 0) is 49.2 Å². The van der Waals surface area contributed by atoms with E-state index < -0.39 is 0 Å². The number of nitrogens with one attached hydrogen (secondary N) is 1. The molecule has 0 fully saturated rings. The zero-order valence-electron chi connectivity index (χ0n) is 12.5. The summed E-state index contributed by atoms with van der Waals surface area (Å²) < 4.78 is 6.12.